The Bertz CT molecular complexity index is 281. The van der Waals surface area contributed by atoms with Gasteiger partial charge in [0.05, 0.1) is 11.1 Å². The third-order valence-electron chi connectivity index (χ3n) is 1.36. The number of nitrogens with zero attached hydrogens (tertiary/aromatic N) is 2. The Kier molecular flexibility index (Phi) is 3.91. The first-order valence-corrected chi connectivity index (χ1v) is 4.54. The molecule has 1 heterocycles. The number of halogens is 1. The van der Waals surface area contributed by atoms with Gasteiger partial charge >= 0.3 is 0 Å². The lowest BCUT2D eigenvalue weighted by Crippen LogP contribution is -2.10. The highest BCUT2D eigenvalue weighted by Crippen LogP contribution is 2.18. The van der Waals surface area contributed by atoms with Crippen molar-refractivity contribution in [1.29, 1.82) is 0 Å². The van der Waals surface area contributed by atoms with Gasteiger partial charge in [0.2, 0.25) is 5.95 Å². The van der Waals surface area contributed by atoms with Gasteiger partial charge < -0.3 is 15.8 Å². The molecule has 13 heavy (non-hydrogen) atoms. The number of nitrogen functional groups attached to an aromatic ring is 1. The van der Waals surface area contributed by atoms with Crippen molar-refractivity contribution in [2.24, 2.45) is 0 Å². The number of methoxy groups -OCH3 is 1. The number of hydrogen-bond acceptors (Lipinski definition) is 5. The first kappa shape index (κ1) is 10.2. The van der Waals surface area contributed by atoms with E-state index in [0.717, 1.165) is 4.47 Å². The average Bonchev–Trinajstić information content (AvgIpc) is 2.11. The molecule has 0 saturated carbocycles. The van der Waals surface area contributed by atoms with E-state index in [9.17, 15) is 0 Å². The zero-order valence-corrected chi connectivity index (χ0v) is 8.84. The molecular formula is C7H11BrN4O. The number of rotatable bonds is 4. The Labute approximate surface area is 84.8 Å². The van der Waals surface area contributed by atoms with Crippen LogP contribution in [0.4, 0.5) is 11.8 Å². The maximum atomic E-state index is 5.42. The summed E-state index contributed by atoms with van der Waals surface area (Å²) in [6.45, 7) is 1.31. The van der Waals surface area contributed by atoms with E-state index in [-0.39, 0.29) is 5.95 Å². The predicted molar refractivity (Wildman–Crippen MR) is 54.5 cm³/mol. The molecule has 6 heteroatoms. The Morgan fingerprint density at radius 2 is 2.46 bits per heavy atom. The highest BCUT2D eigenvalue weighted by Gasteiger charge is 2.01. The van der Waals surface area contributed by atoms with Gasteiger partial charge in [-0.05, 0) is 15.9 Å². The normalized spacial score (nSPS) is 10.0. The van der Waals surface area contributed by atoms with Crippen LogP contribution in [0.2, 0.25) is 0 Å². The molecule has 1 aromatic heterocycles. The van der Waals surface area contributed by atoms with Crippen molar-refractivity contribution in [2.45, 2.75) is 0 Å². The number of aromatic nitrogens is 2. The van der Waals surface area contributed by atoms with Crippen molar-refractivity contribution in [2.75, 3.05) is 31.3 Å². The van der Waals surface area contributed by atoms with Gasteiger partial charge in [0, 0.05) is 19.9 Å². The molecule has 0 fully saturated rings. The van der Waals surface area contributed by atoms with E-state index >= 15 is 0 Å². The molecule has 1 aromatic rings. The topological polar surface area (TPSA) is 73.1 Å². The van der Waals surface area contributed by atoms with Gasteiger partial charge in [-0.25, -0.2) is 4.98 Å². The second-order valence-corrected chi connectivity index (χ2v) is 3.20. The molecule has 0 aliphatic rings. The number of hydrogen-bond donors (Lipinski definition) is 2. The molecule has 0 aromatic carbocycles. The molecule has 0 aliphatic heterocycles. The van der Waals surface area contributed by atoms with Crippen molar-refractivity contribution >= 4 is 27.7 Å². The summed E-state index contributed by atoms with van der Waals surface area (Å²) in [5.41, 5.74) is 5.42. The van der Waals surface area contributed by atoms with Crippen LogP contribution in [0.5, 0.6) is 0 Å². The summed E-state index contributed by atoms with van der Waals surface area (Å²) in [5.74, 6) is 0.938. The molecule has 72 valence electrons. The van der Waals surface area contributed by atoms with Gasteiger partial charge in [-0.15, -0.1) is 0 Å². The highest BCUT2D eigenvalue weighted by molar-refractivity contribution is 9.10. The van der Waals surface area contributed by atoms with Gasteiger partial charge in [0.25, 0.3) is 0 Å². The number of nitrogens with one attached hydrogen (secondary N) is 1. The van der Waals surface area contributed by atoms with E-state index in [1.807, 2.05) is 0 Å². The maximum absolute atomic E-state index is 5.42. The summed E-state index contributed by atoms with van der Waals surface area (Å²) in [6.07, 6.45) is 1.61. The van der Waals surface area contributed by atoms with Gasteiger partial charge in [-0.1, -0.05) is 0 Å². The minimum Gasteiger partial charge on any atom is -0.383 e. The number of nitrogens with two attached hydrogens (primary N) is 1. The number of ether oxygens (including phenoxy) is 1. The molecule has 0 unspecified atom stereocenters. The van der Waals surface area contributed by atoms with E-state index in [4.69, 9.17) is 10.5 Å². The molecule has 0 spiro atoms. The molecular weight excluding hydrogens is 236 g/mol. The summed E-state index contributed by atoms with van der Waals surface area (Å²) in [4.78, 5) is 7.81. The van der Waals surface area contributed by atoms with Crippen LogP contribution in [0.15, 0.2) is 10.7 Å². The van der Waals surface area contributed by atoms with E-state index in [0.29, 0.717) is 19.0 Å². The second kappa shape index (κ2) is 4.98. The lowest BCUT2D eigenvalue weighted by atomic mass is 10.5. The third-order valence-corrected chi connectivity index (χ3v) is 1.94. The molecule has 5 nitrogen and oxygen atoms in total. The molecule has 0 amide bonds. The molecule has 0 aliphatic carbocycles. The molecule has 0 radical (unpaired) electrons. The van der Waals surface area contributed by atoms with Crippen molar-refractivity contribution in [3.05, 3.63) is 10.7 Å². The van der Waals surface area contributed by atoms with E-state index in [1.165, 1.54) is 0 Å². The lowest BCUT2D eigenvalue weighted by Gasteiger charge is -2.06. The molecule has 0 bridgehead atoms. The first-order valence-electron chi connectivity index (χ1n) is 3.75. The molecule has 1 rings (SSSR count). The van der Waals surface area contributed by atoms with Crippen LogP contribution in [0.3, 0.4) is 0 Å². The van der Waals surface area contributed by atoms with Crippen molar-refractivity contribution in [3.8, 4) is 0 Å². The van der Waals surface area contributed by atoms with Crippen LogP contribution in [0.25, 0.3) is 0 Å². The third kappa shape index (κ3) is 3.16. The fraction of sp³-hybridized carbons (Fsp3) is 0.429. The van der Waals surface area contributed by atoms with Crippen LogP contribution in [0.1, 0.15) is 0 Å². The smallest absolute Gasteiger partial charge is 0.221 e. The average molecular weight is 247 g/mol. The number of anilines is 2. The summed E-state index contributed by atoms with van der Waals surface area (Å²) < 4.78 is 5.67. The van der Waals surface area contributed by atoms with Gasteiger partial charge in [-0.2, -0.15) is 4.98 Å². The van der Waals surface area contributed by atoms with Crippen molar-refractivity contribution in [1.82, 2.24) is 9.97 Å². The van der Waals surface area contributed by atoms with E-state index in [1.54, 1.807) is 13.3 Å². The highest BCUT2D eigenvalue weighted by atomic mass is 79.9. The van der Waals surface area contributed by atoms with Crippen LogP contribution in [-0.4, -0.2) is 30.2 Å². The Morgan fingerprint density at radius 3 is 3.15 bits per heavy atom. The minimum atomic E-state index is 0.253. The SMILES string of the molecule is COCCNc1nc(N)ncc1Br. The molecule has 3 N–H and O–H groups in total. The van der Waals surface area contributed by atoms with Crippen LogP contribution < -0.4 is 11.1 Å². The second-order valence-electron chi connectivity index (χ2n) is 2.34. The summed E-state index contributed by atoms with van der Waals surface area (Å²) >= 11 is 3.30. The van der Waals surface area contributed by atoms with E-state index in [2.05, 4.69) is 31.2 Å². The standard InChI is InChI=1S/C7H11BrN4O/c1-13-3-2-10-6-5(8)4-11-7(9)12-6/h4H,2-3H2,1H3,(H3,9,10,11,12). The van der Waals surface area contributed by atoms with Crippen molar-refractivity contribution in [3.63, 3.8) is 0 Å². The van der Waals surface area contributed by atoms with Gasteiger partial charge in [0.1, 0.15) is 5.82 Å². The Balaban J connectivity index is 2.59. The van der Waals surface area contributed by atoms with Gasteiger partial charge in [-0.3, -0.25) is 0 Å². The summed E-state index contributed by atoms with van der Waals surface area (Å²) in [6, 6.07) is 0. The fourth-order valence-corrected chi connectivity index (χ4v) is 1.11. The molecule has 0 atom stereocenters. The van der Waals surface area contributed by atoms with E-state index < -0.39 is 0 Å². The first-order chi connectivity index (χ1) is 6.24. The van der Waals surface area contributed by atoms with Gasteiger partial charge in [0.15, 0.2) is 0 Å². The summed E-state index contributed by atoms with van der Waals surface area (Å²) in [5, 5.41) is 3.05. The lowest BCUT2D eigenvalue weighted by molar-refractivity contribution is 0.210. The monoisotopic (exact) mass is 246 g/mol. The van der Waals surface area contributed by atoms with Crippen LogP contribution in [-0.2, 0) is 4.74 Å². The quantitative estimate of drug-likeness (QED) is 0.772. The fourth-order valence-electron chi connectivity index (χ4n) is 0.776. The Hall–Kier alpha value is -0.880. The van der Waals surface area contributed by atoms with Crippen LogP contribution in [0, 0.1) is 0 Å². The largest absolute Gasteiger partial charge is 0.383 e. The van der Waals surface area contributed by atoms with Crippen molar-refractivity contribution < 1.29 is 4.74 Å². The molecule has 0 saturated heterocycles. The zero-order valence-electron chi connectivity index (χ0n) is 7.25. The maximum Gasteiger partial charge on any atom is 0.221 e. The minimum absolute atomic E-state index is 0.253. The predicted octanol–water partition coefficient (Wildman–Crippen LogP) is 0.880. The zero-order chi connectivity index (χ0) is 9.68. The summed E-state index contributed by atoms with van der Waals surface area (Å²) in [7, 11) is 1.64. The van der Waals surface area contributed by atoms with Crippen LogP contribution >= 0.6 is 15.9 Å². The Morgan fingerprint density at radius 1 is 1.69 bits per heavy atom.